The fourth-order valence-electron chi connectivity index (χ4n) is 2.17. The van der Waals surface area contributed by atoms with Gasteiger partial charge < -0.3 is 15.0 Å². The molecular formula is C16H21N5O3. The van der Waals surface area contributed by atoms with Crippen molar-refractivity contribution in [1.82, 2.24) is 19.7 Å². The van der Waals surface area contributed by atoms with E-state index in [4.69, 9.17) is 4.74 Å². The van der Waals surface area contributed by atoms with Crippen molar-refractivity contribution in [2.24, 2.45) is 0 Å². The van der Waals surface area contributed by atoms with E-state index in [1.807, 2.05) is 6.92 Å². The Bertz CT molecular complexity index is 672. The SMILES string of the molecule is CCN(CC(=O)Nc1cccc(OC)c1)C(=O)CCn1cncn1. The zero-order chi connectivity index (χ0) is 17.4. The first-order chi connectivity index (χ1) is 11.6. The van der Waals surface area contributed by atoms with E-state index < -0.39 is 0 Å². The van der Waals surface area contributed by atoms with Gasteiger partial charge in [-0.25, -0.2) is 4.98 Å². The van der Waals surface area contributed by atoms with Gasteiger partial charge in [0.2, 0.25) is 11.8 Å². The first-order valence-electron chi connectivity index (χ1n) is 7.66. The maximum absolute atomic E-state index is 12.2. The molecule has 0 atom stereocenters. The van der Waals surface area contributed by atoms with Crippen LogP contribution in [-0.4, -0.2) is 51.7 Å². The second kappa shape index (κ2) is 8.66. The number of ether oxygens (including phenoxy) is 1. The van der Waals surface area contributed by atoms with Crippen LogP contribution in [0.4, 0.5) is 5.69 Å². The number of nitrogens with zero attached hydrogens (tertiary/aromatic N) is 4. The second-order valence-electron chi connectivity index (χ2n) is 5.10. The third-order valence-electron chi connectivity index (χ3n) is 3.44. The summed E-state index contributed by atoms with van der Waals surface area (Å²) in [6.07, 6.45) is 3.24. The zero-order valence-corrected chi connectivity index (χ0v) is 13.8. The maximum atomic E-state index is 12.2. The summed E-state index contributed by atoms with van der Waals surface area (Å²) in [5.41, 5.74) is 0.630. The van der Waals surface area contributed by atoms with Crippen LogP contribution in [0.15, 0.2) is 36.9 Å². The number of methoxy groups -OCH3 is 1. The van der Waals surface area contributed by atoms with Gasteiger partial charge in [0.15, 0.2) is 0 Å². The van der Waals surface area contributed by atoms with E-state index in [9.17, 15) is 9.59 Å². The summed E-state index contributed by atoms with van der Waals surface area (Å²) < 4.78 is 6.70. The van der Waals surface area contributed by atoms with Crippen molar-refractivity contribution >= 4 is 17.5 Å². The van der Waals surface area contributed by atoms with Crippen LogP contribution in [0.25, 0.3) is 0 Å². The molecule has 1 aromatic carbocycles. The molecule has 0 aliphatic carbocycles. The molecule has 24 heavy (non-hydrogen) atoms. The summed E-state index contributed by atoms with van der Waals surface area (Å²) in [6.45, 7) is 2.74. The van der Waals surface area contributed by atoms with E-state index in [0.717, 1.165) is 0 Å². The highest BCUT2D eigenvalue weighted by atomic mass is 16.5. The largest absolute Gasteiger partial charge is 0.497 e. The van der Waals surface area contributed by atoms with Gasteiger partial charge in [0.25, 0.3) is 0 Å². The Kier molecular flexibility index (Phi) is 6.30. The normalized spacial score (nSPS) is 10.2. The van der Waals surface area contributed by atoms with Crippen molar-refractivity contribution in [2.75, 3.05) is 25.5 Å². The molecule has 0 spiro atoms. The Hall–Kier alpha value is -2.90. The van der Waals surface area contributed by atoms with Gasteiger partial charge in [-0.05, 0) is 19.1 Å². The molecule has 0 bridgehead atoms. The van der Waals surface area contributed by atoms with Crippen molar-refractivity contribution in [1.29, 1.82) is 0 Å². The summed E-state index contributed by atoms with van der Waals surface area (Å²) in [5.74, 6) is 0.303. The quantitative estimate of drug-likeness (QED) is 0.784. The van der Waals surface area contributed by atoms with Crippen LogP contribution in [0, 0.1) is 0 Å². The number of hydrogen-bond donors (Lipinski definition) is 1. The first-order valence-corrected chi connectivity index (χ1v) is 7.66. The monoisotopic (exact) mass is 331 g/mol. The fraction of sp³-hybridized carbons (Fsp3) is 0.375. The van der Waals surface area contributed by atoms with Crippen molar-refractivity contribution < 1.29 is 14.3 Å². The predicted octanol–water partition coefficient (Wildman–Crippen LogP) is 1.16. The first kappa shape index (κ1) is 17.5. The number of benzene rings is 1. The predicted molar refractivity (Wildman–Crippen MR) is 88.5 cm³/mol. The number of anilines is 1. The Balaban J connectivity index is 1.86. The maximum Gasteiger partial charge on any atom is 0.243 e. The van der Waals surface area contributed by atoms with E-state index in [2.05, 4.69) is 15.4 Å². The molecule has 0 saturated carbocycles. The standard InChI is InChI=1S/C16H21N5O3/c1-3-20(16(23)7-8-21-12-17-11-18-21)10-15(22)19-13-5-4-6-14(9-13)24-2/h4-6,9,11-12H,3,7-8,10H2,1-2H3,(H,19,22). The Morgan fingerprint density at radius 2 is 2.21 bits per heavy atom. The number of likely N-dealkylation sites (N-methyl/N-ethyl adjacent to an activating group) is 1. The van der Waals surface area contributed by atoms with E-state index in [1.54, 1.807) is 42.4 Å². The minimum Gasteiger partial charge on any atom is -0.497 e. The minimum absolute atomic E-state index is 0.00387. The Labute approximate surface area is 140 Å². The van der Waals surface area contributed by atoms with E-state index in [-0.39, 0.29) is 24.8 Å². The van der Waals surface area contributed by atoms with Crippen LogP contribution >= 0.6 is 0 Å². The highest BCUT2D eigenvalue weighted by molar-refractivity contribution is 5.94. The molecule has 8 heteroatoms. The van der Waals surface area contributed by atoms with Gasteiger partial charge in [-0.1, -0.05) is 6.07 Å². The summed E-state index contributed by atoms with van der Waals surface area (Å²) in [6, 6.07) is 7.07. The number of aromatic nitrogens is 3. The average molecular weight is 331 g/mol. The third kappa shape index (κ3) is 5.08. The van der Waals surface area contributed by atoms with Crippen molar-refractivity contribution in [3.63, 3.8) is 0 Å². The number of amides is 2. The van der Waals surface area contributed by atoms with Crippen LogP contribution in [0.5, 0.6) is 5.75 Å². The van der Waals surface area contributed by atoms with Crippen LogP contribution in [-0.2, 0) is 16.1 Å². The number of rotatable bonds is 8. The molecule has 0 fully saturated rings. The summed E-state index contributed by atoms with van der Waals surface area (Å²) in [5, 5.41) is 6.72. The van der Waals surface area contributed by atoms with Crippen LogP contribution in [0.3, 0.4) is 0 Å². The Morgan fingerprint density at radius 3 is 2.88 bits per heavy atom. The van der Waals surface area contributed by atoms with Crippen LogP contribution < -0.4 is 10.1 Å². The van der Waals surface area contributed by atoms with E-state index >= 15 is 0 Å². The average Bonchev–Trinajstić information content (AvgIpc) is 3.11. The van der Waals surface area contributed by atoms with Gasteiger partial charge in [0.05, 0.1) is 20.2 Å². The van der Waals surface area contributed by atoms with Crippen LogP contribution in [0.2, 0.25) is 0 Å². The highest BCUT2D eigenvalue weighted by Gasteiger charge is 2.15. The van der Waals surface area contributed by atoms with Gasteiger partial charge in [0.1, 0.15) is 18.4 Å². The highest BCUT2D eigenvalue weighted by Crippen LogP contribution is 2.16. The lowest BCUT2D eigenvalue weighted by atomic mass is 10.3. The molecule has 2 rings (SSSR count). The number of carbonyl (C=O) groups is 2. The lowest BCUT2D eigenvalue weighted by molar-refractivity contribution is -0.134. The van der Waals surface area contributed by atoms with E-state index in [0.29, 0.717) is 24.5 Å². The summed E-state index contributed by atoms with van der Waals surface area (Å²) in [7, 11) is 1.56. The summed E-state index contributed by atoms with van der Waals surface area (Å²) >= 11 is 0. The molecule has 0 aliphatic heterocycles. The van der Waals surface area contributed by atoms with E-state index in [1.165, 1.54) is 11.2 Å². The minimum atomic E-state index is -0.251. The smallest absolute Gasteiger partial charge is 0.243 e. The molecule has 0 unspecified atom stereocenters. The molecular weight excluding hydrogens is 310 g/mol. The van der Waals surface area contributed by atoms with Crippen molar-refractivity contribution in [2.45, 2.75) is 19.9 Å². The second-order valence-corrected chi connectivity index (χ2v) is 5.10. The Morgan fingerprint density at radius 1 is 1.38 bits per heavy atom. The molecule has 2 amide bonds. The number of hydrogen-bond acceptors (Lipinski definition) is 5. The van der Waals surface area contributed by atoms with Gasteiger partial charge in [-0.15, -0.1) is 0 Å². The molecule has 128 valence electrons. The van der Waals surface area contributed by atoms with Crippen molar-refractivity contribution in [3.05, 3.63) is 36.9 Å². The number of aryl methyl sites for hydroxylation is 1. The number of carbonyl (C=O) groups excluding carboxylic acids is 2. The fourth-order valence-corrected chi connectivity index (χ4v) is 2.17. The molecule has 0 saturated heterocycles. The zero-order valence-electron chi connectivity index (χ0n) is 13.8. The topological polar surface area (TPSA) is 89.4 Å². The van der Waals surface area contributed by atoms with Gasteiger partial charge in [-0.2, -0.15) is 5.10 Å². The summed E-state index contributed by atoms with van der Waals surface area (Å²) in [4.78, 5) is 29.7. The third-order valence-corrected chi connectivity index (χ3v) is 3.44. The lowest BCUT2D eigenvalue weighted by Gasteiger charge is -2.20. The van der Waals surface area contributed by atoms with Crippen molar-refractivity contribution in [3.8, 4) is 5.75 Å². The van der Waals surface area contributed by atoms with Gasteiger partial charge in [0, 0.05) is 24.7 Å². The van der Waals surface area contributed by atoms with Gasteiger partial charge in [-0.3, -0.25) is 14.3 Å². The lowest BCUT2D eigenvalue weighted by Crippen LogP contribution is -2.38. The number of nitrogens with one attached hydrogen (secondary N) is 1. The molecule has 8 nitrogen and oxygen atoms in total. The molecule has 1 aromatic heterocycles. The molecule has 0 aliphatic rings. The molecule has 0 radical (unpaired) electrons. The molecule has 1 heterocycles. The molecule has 1 N–H and O–H groups in total. The van der Waals surface area contributed by atoms with Crippen LogP contribution in [0.1, 0.15) is 13.3 Å². The molecule has 2 aromatic rings. The van der Waals surface area contributed by atoms with Gasteiger partial charge >= 0.3 is 0 Å².